The fraction of sp³-hybridized carbons (Fsp3) is 0.0877. The van der Waals surface area contributed by atoms with Crippen molar-refractivity contribution in [1.82, 2.24) is 9.13 Å². The van der Waals surface area contributed by atoms with E-state index in [9.17, 15) is 0 Å². The van der Waals surface area contributed by atoms with Gasteiger partial charge in [0.1, 0.15) is 0 Å². The SMILES string of the molecule is Cc1ccc2c(c1)Bc1c(-c3cc4c(cc3Nc3ccc(C(C)(C)C)cc3)sc3ccccc34)cc(-n3c4ccccc4c4ccccc43)c3c4ccc5ccccc5c4n-2c13. The molecule has 0 fully saturated rings. The third-order valence-electron chi connectivity index (χ3n) is 13.5. The van der Waals surface area contributed by atoms with Gasteiger partial charge in [0.25, 0.3) is 0 Å². The summed E-state index contributed by atoms with van der Waals surface area (Å²) >= 11 is 1.87. The molecule has 5 heteroatoms. The van der Waals surface area contributed by atoms with Crippen molar-refractivity contribution in [1.29, 1.82) is 0 Å². The second kappa shape index (κ2) is 13.0. The van der Waals surface area contributed by atoms with Crippen molar-refractivity contribution >= 4 is 115 Å². The summed E-state index contributed by atoms with van der Waals surface area (Å²) in [7, 11) is 0.826. The predicted octanol–water partition coefficient (Wildman–Crippen LogP) is 14.1. The van der Waals surface area contributed by atoms with Crippen LogP contribution in [0.15, 0.2) is 170 Å². The minimum Gasteiger partial charge on any atom is -0.355 e. The standard InChI is InChI=1S/C57H42BN3S/c1-33-21-28-49-45(29-33)58-54-44(42-30-43-40-17-9-12-20-51(40)62-52(43)32-46(42)59-36-25-23-35(24-26-36)57(2,3)4)31-50(60-47-18-10-7-15-38(47)39-16-8-11-19-48(39)60)53-41-27-22-34-13-5-6-14-37(34)55(41)61(49)56(53)54/h5-32,58-59H,1-4H3. The lowest BCUT2D eigenvalue weighted by Gasteiger charge is -2.26. The average Bonchev–Trinajstić information content (AvgIpc) is 3.95. The first kappa shape index (κ1) is 35.7. The number of fused-ring (bicyclic) bond motifs is 13. The highest BCUT2D eigenvalue weighted by atomic mass is 32.1. The van der Waals surface area contributed by atoms with Gasteiger partial charge in [-0.15, -0.1) is 11.3 Å². The summed E-state index contributed by atoms with van der Waals surface area (Å²) in [6.07, 6.45) is 0. The zero-order valence-corrected chi connectivity index (χ0v) is 36.0. The van der Waals surface area contributed by atoms with Crippen LogP contribution in [0, 0.1) is 6.92 Å². The van der Waals surface area contributed by atoms with E-state index in [0.29, 0.717) is 0 Å². The number of para-hydroxylation sites is 2. The molecule has 13 rings (SSSR count). The molecule has 0 amide bonds. The van der Waals surface area contributed by atoms with Crippen molar-refractivity contribution in [2.75, 3.05) is 5.32 Å². The Labute approximate surface area is 364 Å². The van der Waals surface area contributed by atoms with Crippen molar-refractivity contribution in [3.8, 4) is 22.5 Å². The summed E-state index contributed by atoms with van der Waals surface area (Å²) in [5.41, 5.74) is 17.5. The molecule has 0 saturated carbocycles. The first-order valence-electron chi connectivity index (χ1n) is 21.7. The Morgan fingerprint density at radius 2 is 1.21 bits per heavy atom. The van der Waals surface area contributed by atoms with Crippen molar-refractivity contribution in [2.45, 2.75) is 33.1 Å². The van der Waals surface area contributed by atoms with Crippen LogP contribution in [0.1, 0.15) is 31.9 Å². The maximum Gasteiger partial charge on any atom is 0.198 e. The molecule has 9 aromatic carbocycles. The molecule has 1 N–H and O–H groups in total. The van der Waals surface area contributed by atoms with Crippen LogP contribution in [0.5, 0.6) is 0 Å². The first-order chi connectivity index (χ1) is 30.3. The van der Waals surface area contributed by atoms with Crippen molar-refractivity contribution in [3.05, 3.63) is 181 Å². The maximum absolute atomic E-state index is 4.00. The van der Waals surface area contributed by atoms with Crippen LogP contribution in [0.4, 0.5) is 11.4 Å². The monoisotopic (exact) mass is 811 g/mol. The molecule has 0 radical (unpaired) electrons. The molecular formula is C57H42BN3S. The summed E-state index contributed by atoms with van der Waals surface area (Å²) in [5, 5.41) is 14.2. The van der Waals surface area contributed by atoms with Gasteiger partial charge in [-0.1, -0.05) is 147 Å². The first-order valence-corrected chi connectivity index (χ1v) is 22.5. The Balaban J connectivity index is 1.22. The van der Waals surface area contributed by atoms with Crippen LogP contribution in [0.3, 0.4) is 0 Å². The lowest BCUT2D eigenvalue weighted by Crippen LogP contribution is -2.37. The van der Waals surface area contributed by atoms with E-state index in [1.807, 2.05) is 11.3 Å². The van der Waals surface area contributed by atoms with E-state index in [4.69, 9.17) is 0 Å². The molecule has 3 nitrogen and oxygen atoms in total. The second-order valence-corrected chi connectivity index (χ2v) is 19.4. The number of nitrogens with zero attached hydrogens (tertiary/aromatic N) is 2. The zero-order chi connectivity index (χ0) is 41.4. The van der Waals surface area contributed by atoms with E-state index in [1.54, 1.807) is 0 Å². The van der Waals surface area contributed by atoms with Gasteiger partial charge in [0.15, 0.2) is 7.28 Å². The van der Waals surface area contributed by atoms with Crippen molar-refractivity contribution in [3.63, 3.8) is 0 Å². The quantitative estimate of drug-likeness (QED) is 0.176. The third kappa shape index (κ3) is 5.12. The molecule has 12 aromatic rings. The normalized spacial score (nSPS) is 12.6. The fourth-order valence-corrected chi connectivity index (χ4v) is 11.7. The number of nitrogens with one attached hydrogen (secondary N) is 1. The minimum atomic E-state index is 0.0688. The Morgan fingerprint density at radius 3 is 1.97 bits per heavy atom. The highest BCUT2D eigenvalue weighted by molar-refractivity contribution is 7.25. The van der Waals surface area contributed by atoms with Gasteiger partial charge in [0, 0.05) is 69.7 Å². The lowest BCUT2D eigenvalue weighted by molar-refractivity contribution is 0.590. The molecule has 4 heterocycles. The van der Waals surface area contributed by atoms with E-state index in [2.05, 4.69) is 212 Å². The van der Waals surface area contributed by atoms with Gasteiger partial charge < -0.3 is 14.5 Å². The van der Waals surface area contributed by atoms with Gasteiger partial charge in [-0.25, -0.2) is 0 Å². The van der Waals surface area contributed by atoms with Crippen LogP contribution in [-0.4, -0.2) is 16.4 Å². The highest BCUT2D eigenvalue weighted by Crippen LogP contribution is 2.47. The van der Waals surface area contributed by atoms with E-state index >= 15 is 0 Å². The van der Waals surface area contributed by atoms with Crippen LogP contribution < -0.4 is 16.2 Å². The number of benzene rings is 9. The fourth-order valence-electron chi connectivity index (χ4n) is 10.6. The summed E-state index contributed by atoms with van der Waals surface area (Å²) in [4.78, 5) is 0. The van der Waals surface area contributed by atoms with Crippen molar-refractivity contribution < 1.29 is 0 Å². The van der Waals surface area contributed by atoms with E-state index in [-0.39, 0.29) is 5.41 Å². The molecule has 0 spiro atoms. The van der Waals surface area contributed by atoms with Gasteiger partial charge in [-0.2, -0.15) is 0 Å². The molecule has 294 valence electrons. The largest absolute Gasteiger partial charge is 0.355 e. The zero-order valence-electron chi connectivity index (χ0n) is 35.2. The maximum atomic E-state index is 4.00. The second-order valence-electron chi connectivity index (χ2n) is 18.3. The number of aryl methyl sites for hydroxylation is 1. The molecule has 3 aromatic heterocycles. The van der Waals surface area contributed by atoms with E-state index < -0.39 is 0 Å². The summed E-state index contributed by atoms with van der Waals surface area (Å²) in [6, 6.07) is 63.9. The van der Waals surface area contributed by atoms with E-state index in [1.165, 1.54) is 119 Å². The van der Waals surface area contributed by atoms with Gasteiger partial charge >= 0.3 is 0 Å². The smallest absolute Gasteiger partial charge is 0.198 e. The van der Waals surface area contributed by atoms with Crippen LogP contribution in [0.2, 0.25) is 0 Å². The molecule has 0 saturated heterocycles. The van der Waals surface area contributed by atoms with Crippen molar-refractivity contribution in [2.24, 2.45) is 0 Å². The van der Waals surface area contributed by atoms with Crippen LogP contribution in [-0.2, 0) is 5.41 Å². The molecule has 0 aliphatic carbocycles. The Kier molecular flexibility index (Phi) is 7.46. The highest BCUT2D eigenvalue weighted by Gasteiger charge is 2.31. The number of anilines is 2. The minimum absolute atomic E-state index is 0.0688. The van der Waals surface area contributed by atoms with Gasteiger partial charge in [-0.05, 0) is 88.9 Å². The molecule has 0 unspecified atom stereocenters. The number of aromatic nitrogens is 2. The molecule has 1 aliphatic heterocycles. The number of thiophene rings is 1. The van der Waals surface area contributed by atoms with Crippen LogP contribution >= 0.6 is 11.3 Å². The lowest BCUT2D eigenvalue weighted by atomic mass is 9.58. The van der Waals surface area contributed by atoms with E-state index in [0.717, 1.165) is 18.7 Å². The van der Waals surface area contributed by atoms with Gasteiger partial charge in [0.05, 0.1) is 27.8 Å². The number of rotatable bonds is 4. The number of hydrogen-bond donors (Lipinski definition) is 1. The predicted molar refractivity (Wildman–Crippen MR) is 271 cm³/mol. The molecule has 62 heavy (non-hydrogen) atoms. The summed E-state index contributed by atoms with van der Waals surface area (Å²) in [6.45, 7) is 9.06. The third-order valence-corrected chi connectivity index (χ3v) is 14.6. The molecule has 0 atom stereocenters. The summed E-state index contributed by atoms with van der Waals surface area (Å²) in [5.74, 6) is 0. The Hall–Kier alpha value is -7.08. The van der Waals surface area contributed by atoms with Crippen LogP contribution in [0.25, 0.3) is 97.1 Å². The van der Waals surface area contributed by atoms with Gasteiger partial charge in [-0.3, -0.25) is 0 Å². The van der Waals surface area contributed by atoms with Gasteiger partial charge in [0.2, 0.25) is 0 Å². The topological polar surface area (TPSA) is 21.9 Å². The summed E-state index contributed by atoms with van der Waals surface area (Å²) < 4.78 is 7.76. The average molecular weight is 812 g/mol. The Bertz CT molecular complexity index is 3800. The molecular weight excluding hydrogens is 770 g/mol. The number of hydrogen-bond acceptors (Lipinski definition) is 2. The Morgan fingerprint density at radius 1 is 0.516 bits per heavy atom. The molecule has 1 aliphatic rings. The molecule has 0 bridgehead atoms.